The van der Waals surface area contributed by atoms with Gasteiger partial charge in [-0.05, 0) is 36.6 Å². The summed E-state index contributed by atoms with van der Waals surface area (Å²) in [5, 5.41) is 13.0. The quantitative estimate of drug-likeness (QED) is 0.820. The molecule has 1 amide bonds. The summed E-state index contributed by atoms with van der Waals surface area (Å²) in [4.78, 5) is 11.8. The highest BCUT2D eigenvalue weighted by molar-refractivity contribution is 6.30. The lowest BCUT2D eigenvalue weighted by atomic mass is 9.87. The van der Waals surface area contributed by atoms with Gasteiger partial charge in [0.25, 0.3) is 0 Å². The van der Waals surface area contributed by atoms with Gasteiger partial charge in [-0.25, -0.2) is 0 Å². The van der Waals surface area contributed by atoms with Gasteiger partial charge in [0, 0.05) is 23.1 Å². The summed E-state index contributed by atoms with van der Waals surface area (Å²) in [6.45, 7) is 0.688. The maximum Gasteiger partial charge on any atom is 0.244 e. The van der Waals surface area contributed by atoms with Crippen LogP contribution in [0.2, 0.25) is 5.02 Å². The summed E-state index contributed by atoms with van der Waals surface area (Å²) in [5.74, 6) is -0.135. The summed E-state index contributed by atoms with van der Waals surface area (Å²) in [6.07, 6.45) is 7.49. The van der Waals surface area contributed by atoms with Crippen LogP contribution in [0.1, 0.15) is 31.2 Å². The number of aliphatic hydroxyl groups is 1. The van der Waals surface area contributed by atoms with Crippen LogP contribution in [0.4, 0.5) is 0 Å². The minimum absolute atomic E-state index is 0.112. The molecule has 1 aliphatic rings. The summed E-state index contributed by atoms with van der Waals surface area (Å²) < 4.78 is 0. The Labute approximate surface area is 124 Å². The lowest BCUT2D eigenvalue weighted by Gasteiger charge is -2.26. The highest BCUT2D eigenvalue weighted by Crippen LogP contribution is 2.36. The Bertz CT molecular complexity index is 493. The van der Waals surface area contributed by atoms with Crippen molar-refractivity contribution in [2.75, 3.05) is 13.2 Å². The number of carbonyl (C=O) groups excluding carboxylic acids is 1. The van der Waals surface area contributed by atoms with E-state index in [4.69, 9.17) is 11.6 Å². The van der Waals surface area contributed by atoms with E-state index in [9.17, 15) is 9.90 Å². The minimum Gasteiger partial charge on any atom is -0.396 e. The third-order valence-electron chi connectivity index (χ3n) is 3.91. The Balaban J connectivity index is 1.86. The fraction of sp³-hybridized carbons (Fsp3) is 0.438. The van der Waals surface area contributed by atoms with Gasteiger partial charge in [-0.15, -0.1) is 0 Å². The summed E-state index contributed by atoms with van der Waals surface area (Å²) in [5.41, 5.74) is 0.782. The zero-order valence-electron chi connectivity index (χ0n) is 11.4. The maximum atomic E-state index is 11.8. The van der Waals surface area contributed by atoms with Crippen LogP contribution in [-0.4, -0.2) is 24.2 Å². The van der Waals surface area contributed by atoms with E-state index in [1.165, 1.54) is 6.08 Å². The molecule has 1 saturated carbocycles. The number of aliphatic hydroxyl groups excluding tert-OH is 1. The van der Waals surface area contributed by atoms with Crippen molar-refractivity contribution in [3.8, 4) is 0 Å². The second-order valence-corrected chi connectivity index (χ2v) is 5.91. The van der Waals surface area contributed by atoms with E-state index in [1.54, 1.807) is 18.2 Å². The number of nitrogens with one attached hydrogen (secondary N) is 1. The lowest BCUT2D eigenvalue weighted by Crippen LogP contribution is -2.37. The topological polar surface area (TPSA) is 49.3 Å². The van der Waals surface area contributed by atoms with Gasteiger partial charge in [0.1, 0.15) is 0 Å². The smallest absolute Gasteiger partial charge is 0.244 e. The fourth-order valence-electron chi connectivity index (χ4n) is 2.63. The molecule has 1 aliphatic carbocycles. The first-order chi connectivity index (χ1) is 9.63. The van der Waals surface area contributed by atoms with E-state index >= 15 is 0 Å². The first-order valence-electron chi connectivity index (χ1n) is 6.96. The number of amides is 1. The van der Waals surface area contributed by atoms with Crippen molar-refractivity contribution in [2.24, 2.45) is 5.41 Å². The van der Waals surface area contributed by atoms with Gasteiger partial charge in [-0.3, -0.25) is 4.79 Å². The van der Waals surface area contributed by atoms with Crippen LogP contribution in [0.5, 0.6) is 0 Å². The molecule has 108 valence electrons. The molecule has 3 nitrogen and oxygen atoms in total. The molecule has 0 atom stereocenters. The predicted octanol–water partition coefficient (Wildman–Crippen LogP) is 3.02. The normalized spacial score (nSPS) is 17.5. The van der Waals surface area contributed by atoms with Gasteiger partial charge in [0.15, 0.2) is 0 Å². The van der Waals surface area contributed by atoms with Crippen LogP contribution < -0.4 is 5.32 Å². The molecule has 0 aliphatic heterocycles. The van der Waals surface area contributed by atoms with Gasteiger partial charge in [0.2, 0.25) is 5.91 Å². The van der Waals surface area contributed by atoms with E-state index in [0.29, 0.717) is 11.6 Å². The maximum absolute atomic E-state index is 11.8. The first kappa shape index (κ1) is 15.1. The van der Waals surface area contributed by atoms with Crippen molar-refractivity contribution < 1.29 is 9.90 Å². The zero-order chi connectivity index (χ0) is 14.4. The van der Waals surface area contributed by atoms with E-state index in [-0.39, 0.29) is 17.9 Å². The molecule has 0 unspecified atom stereocenters. The summed E-state index contributed by atoms with van der Waals surface area (Å²) >= 11 is 5.88. The van der Waals surface area contributed by atoms with Gasteiger partial charge in [0.05, 0.1) is 6.61 Å². The van der Waals surface area contributed by atoms with Gasteiger partial charge in [-0.2, -0.15) is 0 Å². The molecular weight excluding hydrogens is 274 g/mol. The molecule has 2 N–H and O–H groups in total. The molecule has 0 spiro atoms. The molecular formula is C16H20ClNO2. The van der Waals surface area contributed by atoms with Crippen LogP contribution in [0, 0.1) is 5.41 Å². The van der Waals surface area contributed by atoms with Crippen LogP contribution in [0.15, 0.2) is 30.3 Å². The molecule has 0 bridgehead atoms. The number of rotatable bonds is 5. The number of halogens is 1. The van der Waals surface area contributed by atoms with Crippen LogP contribution in [0.25, 0.3) is 6.08 Å². The Morgan fingerprint density at radius 3 is 2.80 bits per heavy atom. The van der Waals surface area contributed by atoms with Crippen molar-refractivity contribution >= 4 is 23.6 Å². The van der Waals surface area contributed by atoms with Crippen molar-refractivity contribution in [2.45, 2.75) is 25.7 Å². The molecule has 1 aromatic rings. The molecule has 20 heavy (non-hydrogen) atoms. The monoisotopic (exact) mass is 293 g/mol. The molecule has 1 fully saturated rings. The van der Waals surface area contributed by atoms with Gasteiger partial charge in [-0.1, -0.05) is 36.6 Å². The van der Waals surface area contributed by atoms with Gasteiger partial charge >= 0.3 is 0 Å². The zero-order valence-corrected chi connectivity index (χ0v) is 12.2. The van der Waals surface area contributed by atoms with Crippen LogP contribution >= 0.6 is 11.6 Å². The predicted molar refractivity (Wildman–Crippen MR) is 81.5 cm³/mol. The molecule has 0 radical (unpaired) electrons. The van der Waals surface area contributed by atoms with Crippen LogP contribution in [0.3, 0.4) is 0 Å². The number of hydrogen-bond acceptors (Lipinski definition) is 2. The van der Waals surface area contributed by atoms with E-state index in [2.05, 4.69) is 5.32 Å². The van der Waals surface area contributed by atoms with Crippen molar-refractivity contribution in [1.82, 2.24) is 5.32 Å². The summed E-state index contributed by atoms with van der Waals surface area (Å²) in [6, 6.07) is 7.34. The Morgan fingerprint density at radius 2 is 2.15 bits per heavy atom. The SMILES string of the molecule is O=C(/C=C/c1cccc(Cl)c1)NCC1(CO)CCCC1. The molecule has 0 saturated heterocycles. The van der Waals surface area contributed by atoms with E-state index < -0.39 is 0 Å². The van der Waals surface area contributed by atoms with Crippen molar-refractivity contribution in [3.63, 3.8) is 0 Å². The molecule has 0 aromatic heterocycles. The summed E-state index contributed by atoms with van der Waals surface area (Å²) in [7, 11) is 0. The second kappa shape index (κ2) is 6.91. The van der Waals surface area contributed by atoms with E-state index in [0.717, 1.165) is 31.2 Å². The number of benzene rings is 1. The third-order valence-corrected chi connectivity index (χ3v) is 4.15. The molecule has 1 aromatic carbocycles. The molecule has 4 heteroatoms. The van der Waals surface area contributed by atoms with Crippen molar-refractivity contribution in [1.29, 1.82) is 0 Å². The fourth-order valence-corrected chi connectivity index (χ4v) is 2.83. The first-order valence-corrected chi connectivity index (χ1v) is 7.34. The molecule has 2 rings (SSSR count). The Hall–Kier alpha value is -1.32. The minimum atomic E-state index is -0.135. The van der Waals surface area contributed by atoms with Gasteiger partial charge < -0.3 is 10.4 Å². The van der Waals surface area contributed by atoms with Crippen molar-refractivity contribution in [3.05, 3.63) is 40.9 Å². The highest BCUT2D eigenvalue weighted by Gasteiger charge is 2.33. The Morgan fingerprint density at radius 1 is 1.40 bits per heavy atom. The molecule has 0 heterocycles. The average Bonchev–Trinajstić information content (AvgIpc) is 2.92. The number of carbonyl (C=O) groups is 1. The highest BCUT2D eigenvalue weighted by atomic mass is 35.5. The largest absolute Gasteiger partial charge is 0.396 e. The standard InChI is InChI=1S/C16H20ClNO2/c17-14-5-3-4-13(10-14)6-7-15(20)18-11-16(12-19)8-1-2-9-16/h3-7,10,19H,1-2,8-9,11-12H2,(H,18,20)/b7-6+. The third kappa shape index (κ3) is 4.09. The number of hydrogen-bond donors (Lipinski definition) is 2. The lowest BCUT2D eigenvalue weighted by molar-refractivity contribution is -0.117. The van der Waals surface area contributed by atoms with Crippen LogP contribution in [-0.2, 0) is 4.79 Å². The Kier molecular flexibility index (Phi) is 5.21. The second-order valence-electron chi connectivity index (χ2n) is 5.47. The average molecular weight is 294 g/mol. The van der Waals surface area contributed by atoms with E-state index in [1.807, 2.05) is 12.1 Å².